The molecule has 84 valence electrons. The van der Waals surface area contributed by atoms with Gasteiger partial charge < -0.3 is 5.73 Å². The third-order valence-electron chi connectivity index (χ3n) is 2.59. The fraction of sp³-hybridized carbons (Fsp3) is 0.455. The average molecular weight is 217 g/mol. The first-order valence-electron chi connectivity index (χ1n) is 4.83. The lowest BCUT2D eigenvalue weighted by atomic mass is 9.94. The van der Waals surface area contributed by atoms with Gasteiger partial charge >= 0.3 is 6.18 Å². The first-order chi connectivity index (χ1) is 6.88. The predicted molar refractivity (Wildman–Crippen MR) is 54.6 cm³/mol. The summed E-state index contributed by atoms with van der Waals surface area (Å²) >= 11 is 0. The van der Waals surface area contributed by atoms with Crippen LogP contribution in [0.2, 0.25) is 0 Å². The van der Waals surface area contributed by atoms with Crippen LogP contribution in [0, 0.1) is 0 Å². The van der Waals surface area contributed by atoms with Crippen molar-refractivity contribution >= 4 is 5.69 Å². The Hall–Kier alpha value is -1.19. The van der Waals surface area contributed by atoms with E-state index in [1.807, 2.05) is 13.8 Å². The second kappa shape index (κ2) is 4.13. The number of nitrogen functional groups attached to an aromatic ring is 1. The lowest BCUT2D eigenvalue weighted by Gasteiger charge is -2.16. The zero-order chi connectivity index (χ0) is 11.6. The van der Waals surface area contributed by atoms with Crippen molar-refractivity contribution in [2.75, 3.05) is 5.73 Å². The fourth-order valence-corrected chi connectivity index (χ4v) is 1.48. The molecule has 0 radical (unpaired) electrons. The van der Waals surface area contributed by atoms with E-state index >= 15 is 0 Å². The van der Waals surface area contributed by atoms with E-state index in [2.05, 4.69) is 0 Å². The maximum Gasteiger partial charge on any atom is 0.418 e. The zero-order valence-electron chi connectivity index (χ0n) is 8.73. The Morgan fingerprint density at radius 2 is 1.93 bits per heavy atom. The third-order valence-corrected chi connectivity index (χ3v) is 2.59. The second-order valence-electron chi connectivity index (χ2n) is 3.62. The van der Waals surface area contributed by atoms with E-state index in [-0.39, 0.29) is 11.6 Å². The smallest absolute Gasteiger partial charge is 0.398 e. The SMILES string of the molecule is CCC(C)c1cccc(C(F)(F)F)c1N. The van der Waals surface area contributed by atoms with Gasteiger partial charge in [-0.15, -0.1) is 0 Å². The summed E-state index contributed by atoms with van der Waals surface area (Å²) < 4.78 is 37.5. The molecular formula is C11H14F3N. The molecule has 0 bridgehead atoms. The van der Waals surface area contributed by atoms with Crippen molar-refractivity contribution in [3.63, 3.8) is 0 Å². The summed E-state index contributed by atoms with van der Waals surface area (Å²) in [6.07, 6.45) is -3.60. The molecule has 0 aliphatic rings. The summed E-state index contributed by atoms with van der Waals surface area (Å²) in [7, 11) is 0. The molecule has 1 atom stereocenters. The number of para-hydroxylation sites is 1. The molecule has 0 aliphatic carbocycles. The van der Waals surface area contributed by atoms with Crippen molar-refractivity contribution in [3.05, 3.63) is 29.3 Å². The molecule has 0 aliphatic heterocycles. The number of benzene rings is 1. The first-order valence-corrected chi connectivity index (χ1v) is 4.83. The van der Waals surface area contributed by atoms with E-state index in [1.165, 1.54) is 6.07 Å². The largest absolute Gasteiger partial charge is 0.418 e. The van der Waals surface area contributed by atoms with Gasteiger partial charge in [0.05, 0.1) is 5.56 Å². The lowest BCUT2D eigenvalue weighted by Crippen LogP contribution is -2.11. The molecule has 0 saturated carbocycles. The first kappa shape index (κ1) is 11.9. The number of anilines is 1. The molecule has 0 saturated heterocycles. The molecule has 0 spiro atoms. The van der Waals surface area contributed by atoms with Gasteiger partial charge in [0.2, 0.25) is 0 Å². The quantitative estimate of drug-likeness (QED) is 0.749. The van der Waals surface area contributed by atoms with Crippen molar-refractivity contribution in [2.45, 2.75) is 32.4 Å². The van der Waals surface area contributed by atoms with Crippen LogP contribution in [0.4, 0.5) is 18.9 Å². The Balaban J connectivity index is 3.23. The number of alkyl halides is 3. The highest BCUT2D eigenvalue weighted by Crippen LogP contribution is 2.37. The topological polar surface area (TPSA) is 26.0 Å². The summed E-state index contributed by atoms with van der Waals surface area (Å²) in [5.74, 6) is 0.0484. The van der Waals surface area contributed by atoms with Crippen LogP contribution in [0.3, 0.4) is 0 Å². The molecule has 1 unspecified atom stereocenters. The van der Waals surface area contributed by atoms with Crippen LogP contribution in [0.15, 0.2) is 18.2 Å². The van der Waals surface area contributed by atoms with Gasteiger partial charge in [-0.05, 0) is 24.0 Å². The van der Waals surface area contributed by atoms with Gasteiger partial charge in [0, 0.05) is 5.69 Å². The number of rotatable bonds is 2. The summed E-state index contributed by atoms with van der Waals surface area (Å²) in [4.78, 5) is 0. The molecule has 4 heteroatoms. The van der Waals surface area contributed by atoms with Gasteiger partial charge in [-0.25, -0.2) is 0 Å². The molecule has 0 aromatic heterocycles. The maximum absolute atomic E-state index is 12.5. The summed E-state index contributed by atoms with van der Waals surface area (Å²) in [5.41, 5.74) is 5.23. The Labute approximate surface area is 87.1 Å². The number of hydrogen-bond acceptors (Lipinski definition) is 1. The number of nitrogens with two attached hydrogens (primary N) is 1. The van der Waals surface area contributed by atoms with Crippen LogP contribution in [-0.4, -0.2) is 0 Å². The minimum Gasteiger partial charge on any atom is -0.398 e. The minimum atomic E-state index is -4.37. The molecule has 1 aromatic rings. The lowest BCUT2D eigenvalue weighted by molar-refractivity contribution is -0.136. The van der Waals surface area contributed by atoms with Crippen LogP contribution in [-0.2, 0) is 6.18 Å². The van der Waals surface area contributed by atoms with Gasteiger partial charge in [0.1, 0.15) is 0 Å². The molecule has 15 heavy (non-hydrogen) atoms. The summed E-state index contributed by atoms with van der Waals surface area (Å²) in [6.45, 7) is 3.79. The molecule has 1 rings (SSSR count). The van der Waals surface area contributed by atoms with Crippen molar-refractivity contribution in [1.29, 1.82) is 0 Å². The van der Waals surface area contributed by atoms with E-state index < -0.39 is 11.7 Å². The van der Waals surface area contributed by atoms with Crippen molar-refractivity contribution in [3.8, 4) is 0 Å². The summed E-state index contributed by atoms with van der Waals surface area (Å²) in [5, 5.41) is 0. The van der Waals surface area contributed by atoms with Crippen LogP contribution < -0.4 is 5.73 Å². The Morgan fingerprint density at radius 3 is 2.40 bits per heavy atom. The van der Waals surface area contributed by atoms with Gasteiger partial charge in [0.15, 0.2) is 0 Å². The fourth-order valence-electron chi connectivity index (χ4n) is 1.48. The molecule has 0 heterocycles. The molecule has 1 nitrogen and oxygen atoms in total. The van der Waals surface area contributed by atoms with Crippen molar-refractivity contribution < 1.29 is 13.2 Å². The highest BCUT2D eigenvalue weighted by atomic mass is 19.4. The van der Waals surface area contributed by atoms with Crippen molar-refractivity contribution in [2.24, 2.45) is 0 Å². The van der Waals surface area contributed by atoms with Crippen LogP contribution >= 0.6 is 0 Å². The second-order valence-corrected chi connectivity index (χ2v) is 3.62. The minimum absolute atomic E-state index is 0.0484. The normalized spacial score (nSPS) is 13.9. The Bertz CT molecular complexity index is 344. The van der Waals surface area contributed by atoms with Gasteiger partial charge in [-0.3, -0.25) is 0 Å². The predicted octanol–water partition coefficient (Wildman–Crippen LogP) is 3.80. The molecule has 0 amide bonds. The monoisotopic (exact) mass is 217 g/mol. The van der Waals surface area contributed by atoms with Crippen LogP contribution in [0.25, 0.3) is 0 Å². The highest BCUT2D eigenvalue weighted by Gasteiger charge is 2.33. The third kappa shape index (κ3) is 2.43. The molecule has 1 aromatic carbocycles. The highest BCUT2D eigenvalue weighted by molar-refractivity contribution is 5.56. The zero-order valence-corrected chi connectivity index (χ0v) is 8.73. The van der Waals surface area contributed by atoms with E-state index in [1.54, 1.807) is 6.07 Å². The molecular weight excluding hydrogens is 203 g/mol. The van der Waals surface area contributed by atoms with E-state index in [4.69, 9.17) is 5.73 Å². The van der Waals surface area contributed by atoms with E-state index in [9.17, 15) is 13.2 Å². The number of hydrogen-bond donors (Lipinski definition) is 1. The van der Waals surface area contributed by atoms with E-state index in [0.29, 0.717) is 5.56 Å². The van der Waals surface area contributed by atoms with E-state index in [0.717, 1.165) is 12.5 Å². The maximum atomic E-state index is 12.5. The van der Waals surface area contributed by atoms with Gasteiger partial charge in [-0.2, -0.15) is 13.2 Å². The van der Waals surface area contributed by atoms with Crippen LogP contribution in [0.1, 0.15) is 37.3 Å². The van der Waals surface area contributed by atoms with Crippen molar-refractivity contribution in [1.82, 2.24) is 0 Å². The summed E-state index contributed by atoms with van der Waals surface area (Å²) in [6, 6.07) is 4.07. The average Bonchev–Trinajstić information content (AvgIpc) is 2.15. The molecule has 0 fully saturated rings. The standard InChI is InChI=1S/C11H14F3N/c1-3-7(2)8-5-4-6-9(10(8)15)11(12,13)14/h4-7H,3,15H2,1-2H3. The van der Waals surface area contributed by atoms with Gasteiger partial charge in [-0.1, -0.05) is 26.0 Å². The number of halogens is 3. The molecule has 2 N–H and O–H groups in total. The van der Waals surface area contributed by atoms with Crippen LogP contribution in [0.5, 0.6) is 0 Å². The Kier molecular flexibility index (Phi) is 3.27. The van der Waals surface area contributed by atoms with Gasteiger partial charge in [0.25, 0.3) is 0 Å². The Morgan fingerprint density at radius 1 is 1.33 bits per heavy atom.